The van der Waals surface area contributed by atoms with Crippen LogP contribution in [0.2, 0.25) is 0 Å². The van der Waals surface area contributed by atoms with E-state index < -0.39 is 11.7 Å². The van der Waals surface area contributed by atoms with Crippen molar-refractivity contribution in [1.82, 2.24) is 5.32 Å². The van der Waals surface area contributed by atoms with E-state index in [9.17, 15) is 14.4 Å². The van der Waals surface area contributed by atoms with E-state index in [1.54, 1.807) is 52.0 Å². The van der Waals surface area contributed by atoms with Gasteiger partial charge in [0.2, 0.25) is 0 Å². The van der Waals surface area contributed by atoms with Crippen LogP contribution in [-0.2, 0) is 14.3 Å². The molecule has 1 aromatic rings. The third kappa shape index (κ3) is 8.88. The quantitative estimate of drug-likeness (QED) is 0.479. The number of nitrogens with one attached hydrogen (secondary N) is 1. The van der Waals surface area contributed by atoms with Gasteiger partial charge in [0.15, 0.2) is 5.78 Å². The van der Waals surface area contributed by atoms with Crippen LogP contribution >= 0.6 is 0 Å². The molecule has 6 nitrogen and oxygen atoms in total. The van der Waals surface area contributed by atoms with Crippen LogP contribution in [0.3, 0.4) is 0 Å². The van der Waals surface area contributed by atoms with Gasteiger partial charge < -0.3 is 14.8 Å². The first kappa shape index (κ1) is 21.2. The van der Waals surface area contributed by atoms with E-state index in [0.29, 0.717) is 12.2 Å². The van der Waals surface area contributed by atoms with E-state index in [0.717, 1.165) is 5.56 Å². The number of esters is 1. The SMILES string of the molecule is CCOC(=O)CCC(=O)c1ccc(C#CCNC(=O)OC(C)(C)C)cc1. The molecule has 0 aliphatic carbocycles. The van der Waals surface area contributed by atoms with Gasteiger partial charge in [0, 0.05) is 17.5 Å². The summed E-state index contributed by atoms with van der Waals surface area (Å²) in [5.41, 5.74) is 0.692. The molecule has 1 N–H and O–H groups in total. The van der Waals surface area contributed by atoms with Crippen molar-refractivity contribution in [3.63, 3.8) is 0 Å². The lowest BCUT2D eigenvalue weighted by Gasteiger charge is -2.18. The fourth-order valence-electron chi connectivity index (χ4n) is 1.91. The molecule has 0 atom stereocenters. The molecular weight excluding hydrogens is 334 g/mol. The van der Waals surface area contributed by atoms with Gasteiger partial charge in [-0.25, -0.2) is 4.79 Å². The monoisotopic (exact) mass is 359 g/mol. The van der Waals surface area contributed by atoms with Gasteiger partial charge in [0.05, 0.1) is 19.6 Å². The molecule has 0 spiro atoms. The Morgan fingerprint density at radius 1 is 1.08 bits per heavy atom. The number of ether oxygens (including phenoxy) is 2. The second-order valence-electron chi connectivity index (χ2n) is 6.46. The molecule has 1 rings (SSSR count). The number of benzene rings is 1. The average molecular weight is 359 g/mol. The highest BCUT2D eigenvalue weighted by molar-refractivity contribution is 5.97. The van der Waals surface area contributed by atoms with Crippen molar-refractivity contribution >= 4 is 17.8 Å². The van der Waals surface area contributed by atoms with Crippen LogP contribution in [0.25, 0.3) is 0 Å². The molecule has 1 amide bonds. The number of carbonyl (C=O) groups excluding carboxylic acids is 3. The van der Waals surface area contributed by atoms with Crippen molar-refractivity contribution in [1.29, 1.82) is 0 Å². The highest BCUT2D eigenvalue weighted by Gasteiger charge is 2.15. The molecule has 1 aromatic carbocycles. The molecule has 26 heavy (non-hydrogen) atoms. The summed E-state index contributed by atoms with van der Waals surface area (Å²) in [4.78, 5) is 34.8. The van der Waals surface area contributed by atoms with Gasteiger partial charge >= 0.3 is 12.1 Å². The first-order chi connectivity index (χ1) is 12.2. The van der Waals surface area contributed by atoms with Crippen LogP contribution in [0.1, 0.15) is 56.5 Å². The van der Waals surface area contributed by atoms with Crippen LogP contribution in [0.4, 0.5) is 4.79 Å². The summed E-state index contributed by atoms with van der Waals surface area (Å²) >= 11 is 0. The Hall–Kier alpha value is -2.81. The molecule has 0 aliphatic rings. The predicted molar refractivity (Wildman–Crippen MR) is 97.8 cm³/mol. The largest absolute Gasteiger partial charge is 0.466 e. The number of amides is 1. The van der Waals surface area contributed by atoms with Gasteiger partial charge in [-0.15, -0.1) is 0 Å². The fourth-order valence-corrected chi connectivity index (χ4v) is 1.91. The standard InChI is InChI=1S/C20H25NO5/c1-5-25-18(23)13-12-17(22)16-10-8-15(9-11-16)7-6-14-21-19(24)26-20(2,3)4/h8-11H,5,12-14H2,1-4H3,(H,21,24). The topological polar surface area (TPSA) is 81.7 Å². The third-order valence-corrected chi connectivity index (χ3v) is 3.02. The minimum atomic E-state index is -0.548. The minimum Gasteiger partial charge on any atom is -0.466 e. The lowest BCUT2D eigenvalue weighted by atomic mass is 10.0. The fraction of sp³-hybridized carbons (Fsp3) is 0.450. The molecule has 0 saturated heterocycles. The van der Waals surface area contributed by atoms with Gasteiger partial charge in [-0.05, 0) is 39.8 Å². The maximum absolute atomic E-state index is 12.0. The zero-order valence-electron chi connectivity index (χ0n) is 15.7. The molecule has 0 bridgehead atoms. The van der Waals surface area contributed by atoms with E-state index in [-0.39, 0.29) is 31.1 Å². The van der Waals surface area contributed by atoms with Gasteiger partial charge in [-0.3, -0.25) is 9.59 Å². The molecule has 0 aromatic heterocycles. The van der Waals surface area contributed by atoms with Crippen molar-refractivity contribution in [3.05, 3.63) is 35.4 Å². The average Bonchev–Trinajstić information content (AvgIpc) is 2.56. The number of rotatable bonds is 6. The Morgan fingerprint density at radius 2 is 1.73 bits per heavy atom. The number of hydrogen-bond donors (Lipinski definition) is 1. The van der Waals surface area contributed by atoms with Crippen molar-refractivity contribution < 1.29 is 23.9 Å². The highest BCUT2D eigenvalue weighted by Crippen LogP contribution is 2.08. The van der Waals surface area contributed by atoms with Crippen molar-refractivity contribution in [2.24, 2.45) is 0 Å². The molecule has 140 valence electrons. The predicted octanol–water partition coefficient (Wildman–Crippen LogP) is 3.09. The molecule has 0 heterocycles. The van der Waals surface area contributed by atoms with Gasteiger partial charge in [0.1, 0.15) is 5.60 Å². The molecule has 0 fully saturated rings. The Kier molecular flexibility index (Phi) is 8.36. The van der Waals surface area contributed by atoms with Crippen LogP contribution in [0, 0.1) is 11.8 Å². The second kappa shape index (κ2) is 10.2. The molecular formula is C20H25NO5. The summed E-state index contributed by atoms with van der Waals surface area (Å²) in [6.07, 6.45) is -0.330. The number of Topliss-reactive ketones (excluding diaryl/α,β-unsaturated/α-hetero) is 1. The number of carbonyl (C=O) groups is 3. The highest BCUT2D eigenvalue weighted by atomic mass is 16.6. The molecule has 0 saturated carbocycles. The first-order valence-corrected chi connectivity index (χ1v) is 8.46. The van der Waals surface area contributed by atoms with E-state index in [2.05, 4.69) is 17.2 Å². The Balaban J connectivity index is 2.47. The van der Waals surface area contributed by atoms with Crippen LogP contribution in [0.15, 0.2) is 24.3 Å². The summed E-state index contributed by atoms with van der Waals surface area (Å²) < 4.78 is 9.90. The Morgan fingerprint density at radius 3 is 2.31 bits per heavy atom. The maximum atomic E-state index is 12.0. The molecule has 0 aliphatic heterocycles. The van der Waals surface area contributed by atoms with Crippen LogP contribution in [-0.4, -0.2) is 36.6 Å². The van der Waals surface area contributed by atoms with E-state index in [1.807, 2.05) is 0 Å². The van der Waals surface area contributed by atoms with Crippen molar-refractivity contribution in [2.75, 3.05) is 13.2 Å². The first-order valence-electron chi connectivity index (χ1n) is 8.46. The van der Waals surface area contributed by atoms with Crippen molar-refractivity contribution in [2.45, 2.75) is 46.1 Å². The van der Waals surface area contributed by atoms with Crippen LogP contribution in [0.5, 0.6) is 0 Å². The molecule has 0 unspecified atom stereocenters. The van der Waals surface area contributed by atoms with Gasteiger partial charge in [0.25, 0.3) is 0 Å². The molecule has 6 heteroatoms. The van der Waals surface area contributed by atoms with Gasteiger partial charge in [-0.1, -0.05) is 24.0 Å². The summed E-state index contributed by atoms with van der Waals surface area (Å²) in [6, 6.07) is 6.77. The lowest BCUT2D eigenvalue weighted by Crippen LogP contribution is -2.32. The summed E-state index contributed by atoms with van der Waals surface area (Å²) in [7, 11) is 0. The number of alkyl carbamates (subject to hydrolysis) is 1. The second-order valence-corrected chi connectivity index (χ2v) is 6.46. The summed E-state index contributed by atoms with van der Waals surface area (Å²) in [6.45, 7) is 7.55. The maximum Gasteiger partial charge on any atom is 0.408 e. The molecule has 0 radical (unpaired) electrons. The summed E-state index contributed by atoms with van der Waals surface area (Å²) in [5.74, 6) is 5.21. The van der Waals surface area contributed by atoms with E-state index >= 15 is 0 Å². The Bertz CT molecular complexity index is 690. The van der Waals surface area contributed by atoms with Gasteiger partial charge in [-0.2, -0.15) is 0 Å². The normalized spacial score (nSPS) is 10.3. The van der Waals surface area contributed by atoms with Crippen molar-refractivity contribution in [3.8, 4) is 11.8 Å². The summed E-state index contributed by atoms with van der Waals surface area (Å²) in [5, 5.41) is 2.54. The minimum absolute atomic E-state index is 0.0740. The number of hydrogen-bond acceptors (Lipinski definition) is 5. The third-order valence-electron chi connectivity index (χ3n) is 3.02. The lowest BCUT2D eigenvalue weighted by molar-refractivity contribution is -0.143. The zero-order chi connectivity index (χ0) is 19.6. The van der Waals surface area contributed by atoms with E-state index in [1.165, 1.54) is 0 Å². The number of ketones is 1. The van der Waals surface area contributed by atoms with Crippen LogP contribution < -0.4 is 5.32 Å². The van der Waals surface area contributed by atoms with E-state index in [4.69, 9.17) is 9.47 Å². The zero-order valence-corrected chi connectivity index (χ0v) is 15.7. The Labute approximate surface area is 154 Å². The smallest absolute Gasteiger partial charge is 0.408 e.